The van der Waals surface area contributed by atoms with Crippen LogP contribution in [0.1, 0.15) is 17.2 Å². The first kappa shape index (κ1) is 19.5. The Hall–Kier alpha value is -3.84. The second-order valence-electron chi connectivity index (χ2n) is 6.81. The molecule has 152 valence electrons. The zero-order chi connectivity index (χ0) is 20.8. The minimum Gasteiger partial charge on any atom is -0.454 e. The summed E-state index contributed by atoms with van der Waals surface area (Å²) in [4.78, 5) is 24.5. The second-order valence-corrected chi connectivity index (χ2v) is 6.81. The molecule has 1 heterocycles. The molecule has 0 fully saturated rings. The number of benzene rings is 3. The maximum Gasteiger partial charge on any atom is 0.326 e. The third-order valence-corrected chi connectivity index (χ3v) is 4.74. The molecule has 0 saturated carbocycles. The number of hydrogen-bond donors (Lipinski definition) is 3. The maximum atomic E-state index is 12.4. The number of ether oxygens (including phenoxy) is 2. The number of imide groups is 1. The molecule has 7 heteroatoms. The van der Waals surface area contributed by atoms with Crippen LogP contribution >= 0.6 is 0 Å². The van der Waals surface area contributed by atoms with E-state index in [2.05, 4.69) is 10.6 Å². The van der Waals surface area contributed by atoms with Crippen molar-refractivity contribution < 1.29 is 24.4 Å². The van der Waals surface area contributed by atoms with Crippen molar-refractivity contribution >= 4 is 17.6 Å². The number of nitrogens with two attached hydrogens (primary N) is 1. The topological polar surface area (TPSA) is 93.3 Å². The summed E-state index contributed by atoms with van der Waals surface area (Å²) in [5.41, 5.74) is 2.68. The monoisotopic (exact) mass is 404 g/mol. The van der Waals surface area contributed by atoms with E-state index in [1.165, 1.54) is 0 Å². The fraction of sp³-hybridized carbons (Fsp3) is 0.130. The first-order valence-electron chi connectivity index (χ1n) is 9.63. The average Bonchev–Trinajstić information content (AvgIpc) is 3.23. The van der Waals surface area contributed by atoms with Gasteiger partial charge in [-0.15, -0.1) is 0 Å². The molecule has 0 aromatic heterocycles. The van der Waals surface area contributed by atoms with E-state index in [0.717, 1.165) is 11.1 Å². The molecule has 0 bridgehead atoms. The summed E-state index contributed by atoms with van der Waals surface area (Å²) in [6, 6.07) is 24.3. The van der Waals surface area contributed by atoms with E-state index >= 15 is 0 Å². The molecule has 1 aliphatic rings. The van der Waals surface area contributed by atoms with E-state index in [1.54, 1.807) is 18.2 Å². The van der Waals surface area contributed by atoms with Crippen LogP contribution in [0.3, 0.4) is 0 Å². The van der Waals surface area contributed by atoms with Gasteiger partial charge in [0.05, 0.1) is 0 Å². The molecule has 3 aromatic rings. The highest BCUT2D eigenvalue weighted by Gasteiger charge is 2.20. The highest BCUT2D eigenvalue weighted by atomic mass is 16.7. The Kier molecular flexibility index (Phi) is 5.91. The summed E-state index contributed by atoms with van der Waals surface area (Å²) < 4.78 is 10.5. The van der Waals surface area contributed by atoms with Crippen LogP contribution in [0.2, 0.25) is 0 Å². The van der Waals surface area contributed by atoms with Crippen molar-refractivity contribution in [2.45, 2.75) is 6.04 Å². The summed E-state index contributed by atoms with van der Waals surface area (Å²) in [5, 5.41) is 6.91. The number of rotatable bonds is 6. The number of fused-ring (bicyclic) bond motifs is 1. The van der Waals surface area contributed by atoms with Gasteiger partial charge in [0.1, 0.15) is 6.04 Å². The molecule has 0 spiro atoms. The predicted octanol–water partition coefficient (Wildman–Crippen LogP) is 2.42. The molecule has 1 aliphatic heterocycles. The normalized spacial score (nSPS) is 11.9. The van der Waals surface area contributed by atoms with Crippen LogP contribution in [-0.2, 0) is 4.79 Å². The molecule has 0 aliphatic carbocycles. The zero-order valence-corrected chi connectivity index (χ0v) is 16.2. The number of amides is 3. The predicted molar refractivity (Wildman–Crippen MR) is 111 cm³/mol. The fourth-order valence-electron chi connectivity index (χ4n) is 3.32. The smallest absolute Gasteiger partial charge is 0.326 e. The first-order valence-corrected chi connectivity index (χ1v) is 9.63. The highest BCUT2D eigenvalue weighted by molar-refractivity contribution is 6.01. The van der Waals surface area contributed by atoms with Crippen LogP contribution in [0.15, 0.2) is 78.9 Å². The molecule has 30 heavy (non-hydrogen) atoms. The van der Waals surface area contributed by atoms with Gasteiger partial charge in [0, 0.05) is 22.9 Å². The number of anilines is 1. The lowest BCUT2D eigenvalue weighted by atomic mass is 9.99. The molecule has 0 atom stereocenters. The maximum absolute atomic E-state index is 12.4. The van der Waals surface area contributed by atoms with Crippen LogP contribution in [-0.4, -0.2) is 25.3 Å². The van der Waals surface area contributed by atoms with Gasteiger partial charge in [-0.05, 0) is 12.1 Å². The lowest BCUT2D eigenvalue weighted by Gasteiger charge is -2.16. The summed E-state index contributed by atoms with van der Waals surface area (Å²) in [5.74, 6) is 0.797. The molecular weight excluding hydrogens is 382 g/mol. The van der Waals surface area contributed by atoms with Gasteiger partial charge in [-0.2, -0.15) is 0 Å². The lowest BCUT2D eigenvalue weighted by molar-refractivity contribution is -0.676. The Bertz CT molecular complexity index is 986. The Morgan fingerprint density at radius 2 is 1.50 bits per heavy atom. The van der Waals surface area contributed by atoms with Crippen molar-refractivity contribution in [1.82, 2.24) is 5.32 Å². The van der Waals surface area contributed by atoms with Gasteiger partial charge in [-0.25, -0.2) is 4.79 Å². The Morgan fingerprint density at radius 1 is 0.867 bits per heavy atom. The van der Waals surface area contributed by atoms with Crippen LogP contribution in [0, 0.1) is 0 Å². The Balaban J connectivity index is 1.35. The van der Waals surface area contributed by atoms with Gasteiger partial charge in [0.2, 0.25) is 6.79 Å². The van der Waals surface area contributed by atoms with Crippen LogP contribution in [0.4, 0.5) is 10.5 Å². The Morgan fingerprint density at radius 3 is 2.17 bits per heavy atom. The highest BCUT2D eigenvalue weighted by Crippen LogP contribution is 2.34. The third kappa shape index (κ3) is 4.76. The van der Waals surface area contributed by atoms with Crippen LogP contribution in [0.5, 0.6) is 11.5 Å². The number of hydrogen-bond acceptors (Lipinski definition) is 4. The molecule has 7 nitrogen and oxygen atoms in total. The molecule has 3 amide bonds. The average molecular weight is 404 g/mol. The van der Waals surface area contributed by atoms with Crippen molar-refractivity contribution in [3.8, 4) is 11.5 Å². The van der Waals surface area contributed by atoms with E-state index in [-0.39, 0.29) is 25.3 Å². The number of urea groups is 1. The van der Waals surface area contributed by atoms with Crippen molar-refractivity contribution in [1.29, 1.82) is 0 Å². The fourth-order valence-corrected chi connectivity index (χ4v) is 3.32. The standard InChI is InChI=1S/C23H21N3O4/c27-21(26-23(28)25-18-11-12-19-20(13-18)30-15-29-19)14-24-22(16-7-3-1-4-8-16)17-9-5-2-6-10-17/h1-13,22,24H,14-15H2,(H2,25,26,27,28)/p+1. The van der Waals surface area contributed by atoms with Crippen molar-refractivity contribution in [2.75, 3.05) is 18.7 Å². The number of carbonyl (C=O) groups excluding carboxylic acids is 2. The molecule has 0 saturated heterocycles. The summed E-state index contributed by atoms with van der Waals surface area (Å²) in [7, 11) is 0. The van der Waals surface area contributed by atoms with Crippen LogP contribution < -0.4 is 25.4 Å². The molecule has 3 aromatic carbocycles. The van der Waals surface area contributed by atoms with Gasteiger partial charge in [0.25, 0.3) is 5.91 Å². The summed E-state index contributed by atoms with van der Waals surface area (Å²) in [6.45, 7) is 0.256. The van der Waals surface area contributed by atoms with Gasteiger partial charge in [-0.1, -0.05) is 60.7 Å². The molecule has 4 rings (SSSR count). The van der Waals surface area contributed by atoms with E-state index < -0.39 is 6.03 Å². The molecular formula is C23H22N3O4+. The number of carbonyl (C=O) groups is 2. The van der Waals surface area contributed by atoms with E-state index in [1.807, 2.05) is 66.0 Å². The van der Waals surface area contributed by atoms with E-state index in [9.17, 15) is 9.59 Å². The zero-order valence-electron chi connectivity index (χ0n) is 16.2. The van der Waals surface area contributed by atoms with Crippen LogP contribution in [0.25, 0.3) is 0 Å². The minimum absolute atomic E-state index is 0.0462. The summed E-state index contributed by atoms with van der Waals surface area (Å²) >= 11 is 0. The first-order chi connectivity index (χ1) is 14.7. The quantitative estimate of drug-likeness (QED) is 0.588. The van der Waals surface area contributed by atoms with Crippen molar-refractivity contribution in [3.05, 3.63) is 90.0 Å². The van der Waals surface area contributed by atoms with E-state index in [4.69, 9.17) is 9.47 Å². The SMILES string of the molecule is O=C(C[NH2+]C(c1ccccc1)c1ccccc1)NC(=O)Nc1ccc2c(c1)OCO2. The number of nitrogens with one attached hydrogen (secondary N) is 2. The van der Waals surface area contributed by atoms with Gasteiger partial charge in [0.15, 0.2) is 18.0 Å². The third-order valence-electron chi connectivity index (χ3n) is 4.74. The molecule has 0 radical (unpaired) electrons. The Labute approximate surface area is 174 Å². The van der Waals surface area contributed by atoms with E-state index in [0.29, 0.717) is 17.2 Å². The second kappa shape index (κ2) is 9.11. The van der Waals surface area contributed by atoms with Gasteiger partial charge < -0.3 is 20.1 Å². The van der Waals surface area contributed by atoms with Crippen molar-refractivity contribution in [2.24, 2.45) is 0 Å². The minimum atomic E-state index is -0.594. The van der Waals surface area contributed by atoms with Gasteiger partial charge >= 0.3 is 6.03 Å². The van der Waals surface area contributed by atoms with Crippen molar-refractivity contribution in [3.63, 3.8) is 0 Å². The summed E-state index contributed by atoms with van der Waals surface area (Å²) in [6.07, 6.45) is 0. The lowest BCUT2D eigenvalue weighted by Crippen LogP contribution is -2.87. The largest absolute Gasteiger partial charge is 0.454 e. The molecule has 4 N–H and O–H groups in total. The van der Waals surface area contributed by atoms with Gasteiger partial charge in [-0.3, -0.25) is 10.1 Å². The number of quaternary nitrogens is 1. The molecule has 0 unspecified atom stereocenters.